The summed E-state index contributed by atoms with van der Waals surface area (Å²) < 4.78 is 11.0. The number of non-ortho nitro benzene ring substituents is 1. The summed E-state index contributed by atoms with van der Waals surface area (Å²) in [5, 5.41) is 18.8. The van der Waals surface area contributed by atoms with Gasteiger partial charge in [0.15, 0.2) is 5.76 Å². The summed E-state index contributed by atoms with van der Waals surface area (Å²) in [5.74, 6) is 1.46. The highest BCUT2D eigenvalue weighted by molar-refractivity contribution is 5.91. The number of benzene rings is 1. The Labute approximate surface area is 165 Å². The molecule has 0 bridgehead atoms. The third-order valence-electron chi connectivity index (χ3n) is 4.85. The number of nitro groups is 1. The maximum Gasteiger partial charge on any atom is 0.283 e. The first-order valence-electron chi connectivity index (χ1n) is 9.19. The van der Waals surface area contributed by atoms with Crippen molar-refractivity contribution in [2.45, 2.75) is 18.8 Å². The largest absolute Gasteiger partial charge is 0.459 e. The third kappa shape index (κ3) is 4.23. The van der Waals surface area contributed by atoms with Gasteiger partial charge in [0.25, 0.3) is 11.6 Å². The van der Waals surface area contributed by atoms with Gasteiger partial charge in [-0.05, 0) is 48.7 Å². The fourth-order valence-corrected chi connectivity index (χ4v) is 3.23. The number of likely N-dealkylation sites (tertiary alicyclic amines) is 1. The number of nitrogens with zero attached hydrogens (tertiary/aromatic N) is 4. The van der Waals surface area contributed by atoms with Crippen LogP contribution < -0.4 is 0 Å². The van der Waals surface area contributed by atoms with E-state index in [1.807, 2.05) is 0 Å². The topological polar surface area (TPSA) is 116 Å². The lowest BCUT2D eigenvalue weighted by Crippen LogP contribution is -2.36. The molecule has 148 valence electrons. The van der Waals surface area contributed by atoms with Crippen LogP contribution in [0.2, 0.25) is 0 Å². The van der Waals surface area contributed by atoms with E-state index in [1.54, 1.807) is 41.5 Å². The summed E-state index contributed by atoms with van der Waals surface area (Å²) in [6.07, 6.45) is 6.16. The maximum absolute atomic E-state index is 12.4. The molecule has 3 aromatic rings. The second-order valence-corrected chi connectivity index (χ2v) is 6.70. The van der Waals surface area contributed by atoms with Crippen LogP contribution >= 0.6 is 0 Å². The van der Waals surface area contributed by atoms with E-state index in [1.165, 1.54) is 18.2 Å². The Morgan fingerprint density at radius 2 is 1.93 bits per heavy atom. The minimum absolute atomic E-state index is 0.0202. The van der Waals surface area contributed by atoms with Crippen LogP contribution in [0.25, 0.3) is 17.7 Å². The summed E-state index contributed by atoms with van der Waals surface area (Å²) in [6, 6.07) is 9.57. The number of aromatic nitrogens is 2. The molecule has 1 amide bonds. The zero-order chi connectivity index (χ0) is 20.2. The fraction of sp³-hybridized carbons (Fsp3) is 0.250. The first kappa shape index (κ1) is 18.6. The van der Waals surface area contributed by atoms with Gasteiger partial charge in [-0.3, -0.25) is 14.9 Å². The van der Waals surface area contributed by atoms with Gasteiger partial charge in [-0.1, -0.05) is 0 Å². The highest BCUT2D eigenvalue weighted by Crippen LogP contribution is 2.29. The van der Waals surface area contributed by atoms with E-state index in [0.29, 0.717) is 30.6 Å². The average Bonchev–Trinajstić information content (AvgIpc) is 3.44. The van der Waals surface area contributed by atoms with E-state index in [9.17, 15) is 14.9 Å². The molecule has 9 nitrogen and oxygen atoms in total. The molecule has 0 unspecified atom stereocenters. The lowest BCUT2D eigenvalue weighted by molar-refractivity contribution is -0.384. The van der Waals surface area contributed by atoms with Crippen LogP contribution in [0.3, 0.4) is 0 Å². The molecule has 1 aliphatic heterocycles. The molecule has 9 heteroatoms. The SMILES string of the molecule is O=C(C=Cc1ccc([N+](=O)[O-])cc1)N1CCC(c2nnc(-c3ccco3)o2)CC1. The van der Waals surface area contributed by atoms with Crippen molar-refractivity contribution in [2.75, 3.05) is 13.1 Å². The number of carbonyl (C=O) groups excluding carboxylic acids is 1. The molecule has 4 rings (SSSR count). The number of amides is 1. The van der Waals surface area contributed by atoms with E-state index in [-0.39, 0.29) is 17.5 Å². The predicted octanol–water partition coefficient (Wildman–Crippen LogP) is 3.66. The first-order valence-corrected chi connectivity index (χ1v) is 9.19. The number of hydrogen-bond donors (Lipinski definition) is 0. The van der Waals surface area contributed by atoms with Gasteiger partial charge < -0.3 is 13.7 Å². The molecule has 0 N–H and O–H groups in total. The van der Waals surface area contributed by atoms with E-state index in [2.05, 4.69) is 10.2 Å². The van der Waals surface area contributed by atoms with Crippen molar-refractivity contribution in [3.63, 3.8) is 0 Å². The van der Waals surface area contributed by atoms with Gasteiger partial charge in [-0.25, -0.2) is 0 Å². The Morgan fingerprint density at radius 3 is 2.59 bits per heavy atom. The molecule has 2 aromatic heterocycles. The predicted molar refractivity (Wildman–Crippen MR) is 103 cm³/mol. The Kier molecular flexibility index (Phi) is 5.19. The van der Waals surface area contributed by atoms with Crippen molar-refractivity contribution in [1.29, 1.82) is 0 Å². The summed E-state index contributed by atoms with van der Waals surface area (Å²) in [7, 11) is 0. The molecule has 29 heavy (non-hydrogen) atoms. The zero-order valence-corrected chi connectivity index (χ0v) is 15.4. The second kappa shape index (κ2) is 8.09. The average molecular weight is 394 g/mol. The van der Waals surface area contributed by atoms with Crippen LogP contribution in [0, 0.1) is 10.1 Å². The number of rotatable bonds is 5. The monoisotopic (exact) mass is 394 g/mol. The molecular formula is C20H18N4O5. The van der Waals surface area contributed by atoms with E-state index in [0.717, 1.165) is 18.4 Å². The van der Waals surface area contributed by atoms with Gasteiger partial charge in [-0.2, -0.15) is 0 Å². The summed E-state index contributed by atoms with van der Waals surface area (Å²) in [4.78, 5) is 24.4. The Hall–Kier alpha value is -3.75. The van der Waals surface area contributed by atoms with Crippen molar-refractivity contribution < 1.29 is 18.6 Å². The van der Waals surface area contributed by atoms with Crippen LogP contribution in [0.1, 0.15) is 30.2 Å². The van der Waals surface area contributed by atoms with Crippen LogP contribution in [-0.4, -0.2) is 39.0 Å². The molecule has 1 aromatic carbocycles. The maximum atomic E-state index is 12.4. The highest BCUT2D eigenvalue weighted by atomic mass is 16.6. The summed E-state index contributed by atoms with van der Waals surface area (Å²) in [5.41, 5.74) is 0.752. The van der Waals surface area contributed by atoms with E-state index >= 15 is 0 Å². The van der Waals surface area contributed by atoms with Crippen molar-refractivity contribution in [2.24, 2.45) is 0 Å². The molecule has 1 aliphatic rings. The minimum atomic E-state index is -0.455. The number of furan rings is 1. The Bertz CT molecular complexity index is 1020. The van der Waals surface area contributed by atoms with Crippen LogP contribution in [-0.2, 0) is 4.79 Å². The van der Waals surface area contributed by atoms with Gasteiger partial charge >= 0.3 is 0 Å². The number of hydrogen-bond acceptors (Lipinski definition) is 7. The molecule has 3 heterocycles. The lowest BCUT2D eigenvalue weighted by Gasteiger charge is -2.29. The third-order valence-corrected chi connectivity index (χ3v) is 4.85. The fourth-order valence-electron chi connectivity index (χ4n) is 3.23. The smallest absolute Gasteiger partial charge is 0.283 e. The van der Waals surface area contributed by atoms with Gasteiger partial charge in [0.2, 0.25) is 11.8 Å². The first-order chi connectivity index (χ1) is 14.1. The quantitative estimate of drug-likeness (QED) is 0.368. The van der Waals surface area contributed by atoms with E-state index < -0.39 is 4.92 Å². The Morgan fingerprint density at radius 1 is 1.17 bits per heavy atom. The molecular weight excluding hydrogens is 376 g/mol. The molecule has 0 atom stereocenters. The standard InChI is InChI=1S/C20H18N4O5/c25-18(8-5-14-3-6-16(7-4-14)24(26)27)23-11-9-15(10-12-23)19-21-22-20(29-19)17-2-1-13-28-17/h1-8,13,15H,9-12H2. The van der Waals surface area contributed by atoms with Gasteiger partial charge in [-0.15, -0.1) is 10.2 Å². The summed E-state index contributed by atoms with van der Waals surface area (Å²) >= 11 is 0. The molecule has 0 aliphatic carbocycles. The summed E-state index contributed by atoms with van der Waals surface area (Å²) in [6.45, 7) is 1.18. The number of carbonyl (C=O) groups is 1. The van der Waals surface area contributed by atoms with Gasteiger partial charge in [0.05, 0.1) is 11.2 Å². The van der Waals surface area contributed by atoms with Crippen molar-refractivity contribution in [1.82, 2.24) is 15.1 Å². The minimum Gasteiger partial charge on any atom is -0.459 e. The number of nitro benzene ring substituents is 1. The van der Waals surface area contributed by atoms with Crippen LogP contribution in [0.4, 0.5) is 5.69 Å². The normalized spacial score (nSPS) is 15.1. The molecule has 1 fully saturated rings. The second-order valence-electron chi connectivity index (χ2n) is 6.70. The van der Waals surface area contributed by atoms with Crippen molar-refractivity contribution in [3.8, 4) is 11.7 Å². The van der Waals surface area contributed by atoms with Crippen LogP contribution in [0.15, 0.2) is 57.6 Å². The van der Waals surface area contributed by atoms with Crippen molar-refractivity contribution >= 4 is 17.7 Å². The molecule has 1 saturated heterocycles. The highest BCUT2D eigenvalue weighted by Gasteiger charge is 2.27. The van der Waals surface area contributed by atoms with Crippen LogP contribution in [0.5, 0.6) is 0 Å². The van der Waals surface area contributed by atoms with Gasteiger partial charge in [0.1, 0.15) is 0 Å². The zero-order valence-electron chi connectivity index (χ0n) is 15.4. The molecule has 0 saturated carbocycles. The molecule has 0 radical (unpaired) electrons. The lowest BCUT2D eigenvalue weighted by atomic mass is 9.97. The Balaban J connectivity index is 1.32. The van der Waals surface area contributed by atoms with E-state index in [4.69, 9.17) is 8.83 Å². The van der Waals surface area contributed by atoms with Crippen molar-refractivity contribution in [3.05, 3.63) is 70.3 Å². The number of piperidine rings is 1. The molecule has 0 spiro atoms. The van der Waals surface area contributed by atoms with Gasteiger partial charge in [0, 0.05) is 37.2 Å².